The third-order valence-corrected chi connectivity index (χ3v) is 6.93. The number of aromatic nitrogens is 2. The molecule has 8 nitrogen and oxygen atoms in total. The van der Waals surface area contributed by atoms with Crippen LogP contribution < -0.4 is 5.32 Å². The number of hydrogen-bond donors (Lipinski definition) is 3. The van der Waals surface area contributed by atoms with Gasteiger partial charge in [-0.1, -0.05) is 74.0 Å². The van der Waals surface area contributed by atoms with Crippen molar-refractivity contribution in [2.75, 3.05) is 5.32 Å². The number of carbonyl (C=O) groups excluding carboxylic acids is 1. The lowest BCUT2D eigenvalue weighted by Gasteiger charge is -2.16. The number of hydrogen-bond acceptors (Lipinski definition) is 6. The maximum absolute atomic E-state index is 12.7. The van der Waals surface area contributed by atoms with E-state index >= 15 is 0 Å². The number of aryl methyl sites for hydroxylation is 2. The summed E-state index contributed by atoms with van der Waals surface area (Å²) in [6.07, 6.45) is 4.84. The van der Waals surface area contributed by atoms with Crippen LogP contribution in [0.15, 0.2) is 109 Å². The van der Waals surface area contributed by atoms with Crippen molar-refractivity contribution in [2.45, 2.75) is 46.3 Å². The van der Waals surface area contributed by atoms with Gasteiger partial charge >= 0.3 is 11.9 Å². The molecule has 5 rings (SSSR count). The summed E-state index contributed by atoms with van der Waals surface area (Å²) in [4.78, 5) is 27.6. The molecule has 0 aliphatic heterocycles. The molecule has 44 heavy (non-hydrogen) atoms. The van der Waals surface area contributed by atoms with Crippen LogP contribution in [-0.2, 0) is 24.3 Å². The Balaban J connectivity index is 0.000000421. The Morgan fingerprint density at radius 3 is 2.20 bits per heavy atom. The highest BCUT2D eigenvalue weighted by Crippen LogP contribution is 2.25. The van der Waals surface area contributed by atoms with Gasteiger partial charge in [0.15, 0.2) is 0 Å². The first kappa shape index (κ1) is 31.6. The van der Waals surface area contributed by atoms with E-state index in [-0.39, 0.29) is 18.3 Å². The Morgan fingerprint density at radius 2 is 1.57 bits per heavy atom. The maximum atomic E-state index is 12.7. The van der Waals surface area contributed by atoms with Crippen LogP contribution in [0.1, 0.15) is 63.1 Å². The average molecular weight is 592 g/mol. The fourth-order valence-corrected chi connectivity index (χ4v) is 4.59. The lowest BCUT2D eigenvalue weighted by atomic mass is 10.1. The van der Waals surface area contributed by atoms with Gasteiger partial charge in [0.2, 0.25) is 0 Å². The van der Waals surface area contributed by atoms with Crippen LogP contribution in [0.4, 0.5) is 5.69 Å². The summed E-state index contributed by atoms with van der Waals surface area (Å²) in [5, 5.41) is 21.8. The molecule has 0 aliphatic rings. The van der Waals surface area contributed by atoms with Crippen LogP contribution in [0.25, 0.3) is 5.69 Å². The van der Waals surface area contributed by atoms with Crippen LogP contribution in [-0.4, -0.2) is 31.7 Å². The minimum absolute atomic E-state index is 0.208. The van der Waals surface area contributed by atoms with Crippen LogP contribution in [0.3, 0.4) is 0 Å². The second-order valence-electron chi connectivity index (χ2n) is 10.2. The summed E-state index contributed by atoms with van der Waals surface area (Å²) in [6, 6.07) is 30.8. The standard InChI is InChI=1S/C29H31N3O3.C7H6O2/c1-3-4-14-28-31-19-24(18-30-25-12-8-9-13-27(25)33)32(28)26-16-15-23(17-21(26)2)29(34)35-20-22-10-6-5-7-11-22;8-7(9)6-4-2-1-3-5-6/h5-13,15-17,19,30,33H,3-4,14,18,20H2,1-2H3;1-5H,(H,8,9). The number of phenols is 1. The predicted octanol–water partition coefficient (Wildman–Crippen LogP) is 7.58. The summed E-state index contributed by atoms with van der Waals surface area (Å²) in [7, 11) is 0. The molecule has 3 N–H and O–H groups in total. The second-order valence-corrected chi connectivity index (χ2v) is 10.2. The molecule has 0 fully saturated rings. The molecule has 0 amide bonds. The quantitative estimate of drug-likeness (QED) is 0.107. The van der Waals surface area contributed by atoms with Crippen LogP contribution in [0.5, 0.6) is 5.75 Å². The summed E-state index contributed by atoms with van der Waals surface area (Å²) in [5.41, 5.74) is 5.38. The van der Waals surface area contributed by atoms with Crippen molar-refractivity contribution < 1.29 is 24.5 Å². The number of carboxylic acids is 1. The largest absolute Gasteiger partial charge is 0.506 e. The lowest BCUT2D eigenvalue weighted by molar-refractivity contribution is 0.0472. The highest BCUT2D eigenvalue weighted by atomic mass is 16.5. The summed E-state index contributed by atoms with van der Waals surface area (Å²) < 4.78 is 7.66. The van der Waals surface area contributed by atoms with E-state index in [1.54, 1.807) is 48.5 Å². The molecule has 8 heteroatoms. The molecule has 1 aromatic heterocycles. The van der Waals surface area contributed by atoms with Gasteiger partial charge in [0.25, 0.3) is 0 Å². The van der Waals surface area contributed by atoms with E-state index in [4.69, 9.17) is 14.8 Å². The number of rotatable bonds is 11. The number of para-hydroxylation sites is 2. The normalized spacial score (nSPS) is 10.4. The first-order valence-corrected chi connectivity index (χ1v) is 14.5. The van der Waals surface area contributed by atoms with Gasteiger partial charge in [0.05, 0.1) is 40.9 Å². The molecule has 0 spiro atoms. The number of carbonyl (C=O) groups is 2. The minimum Gasteiger partial charge on any atom is -0.506 e. The molecule has 1 heterocycles. The van der Waals surface area contributed by atoms with Crippen molar-refractivity contribution in [1.29, 1.82) is 0 Å². The van der Waals surface area contributed by atoms with Gasteiger partial charge in [0, 0.05) is 6.42 Å². The molecule has 226 valence electrons. The van der Waals surface area contributed by atoms with Gasteiger partial charge in [-0.2, -0.15) is 0 Å². The summed E-state index contributed by atoms with van der Waals surface area (Å²) >= 11 is 0. The molecule has 5 aromatic rings. The van der Waals surface area contributed by atoms with Crippen molar-refractivity contribution in [3.8, 4) is 11.4 Å². The SMILES string of the molecule is CCCCc1ncc(CNc2ccccc2O)n1-c1ccc(C(=O)OCc2ccccc2)cc1C.O=C(O)c1ccccc1. The smallest absolute Gasteiger partial charge is 0.338 e. The lowest BCUT2D eigenvalue weighted by Crippen LogP contribution is -2.12. The van der Waals surface area contributed by atoms with Gasteiger partial charge in [-0.25, -0.2) is 14.6 Å². The fourth-order valence-electron chi connectivity index (χ4n) is 4.59. The highest BCUT2D eigenvalue weighted by Gasteiger charge is 2.16. The molecule has 0 aliphatic carbocycles. The predicted molar refractivity (Wildman–Crippen MR) is 171 cm³/mol. The Hall–Kier alpha value is -5.37. The van der Waals surface area contributed by atoms with Crippen LogP contribution >= 0.6 is 0 Å². The number of unbranched alkanes of at least 4 members (excludes halogenated alkanes) is 1. The van der Waals surface area contributed by atoms with Gasteiger partial charge in [-0.05, 0) is 66.9 Å². The molecule has 0 radical (unpaired) electrons. The number of esters is 1. The molecule has 4 aromatic carbocycles. The van der Waals surface area contributed by atoms with Crippen molar-refractivity contribution in [3.63, 3.8) is 0 Å². The van der Waals surface area contributed by atoms with Gasteiger partial charge in [0.1, 0.15) is 18.2 Å². The van der Waals surface area contributed by atoms with Gasteiger partial charge < -0.3 is 20.3 Å². The number of nitrogens with zero attached hydrogens (tertiary/aromatic N) is 2. The fraction of sp³-hybridized carbons (Fsp3) is 0.194. The molecule has 0 saturated carbocycles. The summed E-state index contributed by atoms with van der Waals surface area (Å²) in [6.45, 7) is 4.89. The minimum atomic E-state index is -0.879. The third-order valence-electron chi connectivity index (χ3n) is 6.93. The number of imidazole rings is 1. The van der Waals surface area contributed by atoms with Crippen LogP contribution in [0, 0.1) is 6.92 Å². The van der Waals surface area contributed by atoms with E-state index in [1.165, 1.54) is 0 Å². The van der Waals surface area contributed by atoms with E-state index in [1.807, 2.05) is 67.7 Å². The first-order valence-electron chi connectivity index (χ1n) is 14.5. The zero-order valence-corrected chi connectivity index (χ0v) is 24.9. The Bertz CT molecular complexity index is 1670. The maximum Gasteiger partial charge on any atom is 0.338 e. The number of phenolic OH excluding ortho intramolecular Hbond substituents is 1. The Labute approximate surface area is 257 Å². The number of carboxylic acid groups (broad SMARTS) is 1. The molecule has 0 atom stereocenters. The molecule has 0 unspecified atom stereocenters. The highest BCUT2D eigenvalue weighted by molar-refractivity contribution is 5.90. The first-order chi connectivity index (χ1) is 21.4. The van der Waals surface area contributed by atoms with E-state index in [9.17, 15) is 14.7 Å². The Kier molecular flexibility index (Phi) is 11.3. The van der Waals surface area contributed by atoms with Crippen molar-refractivity contribution in [1.82, 2.24) is 9.55 Å². The molecule has 0 saturated heterocycles. The number of nitrogens with one attached hydrogen (secondary N) is 1. The zero-order valence-electron chi connectivity index (χ0n) is 24.9. The summed E-state index contributed by atoms with van der Waals surface area (Å²) in [5.74, 6) is -0.0415. The molecular formula is C36H37N3O5. The van der Waals surface area contributed by atoms with Crippen molar-refractivity contribution in [2.24, 2.45) is 0 Å². The van der Waals surface area contributed by atoms with Crippen LogP contribution in [0.2, 0.25) is 0 Å². The van der Waals surface area contributed by atoms with E-state index < -0.39 is 5.97 Å². The van der Waals surface area contributed by atoms with E-state index in [0.29, 0.717) is 23.4 Å². The number of benzene rings is 4. The van der Waals surface area contributed by atoms with E-state index in [2.05, 4.69) is 16.8 Å². The zero-order chi connectivity index (χ0) is 31.3. The van der Waals surface area contributed by atoms with Crippen molar-refractivity contribution in [3.05, 3.63) is 143 Å². The third kappa shape index (κ3) is 8.58. The van der Waals surface area contributed by atoms with Gasteiger partial charge in [-0.3, -0.25) is 4.57 Å². The number of ether oxygens (including phenoxy) is 1. The second kappa shape index (κ2) is 15.7. The Morgan fingerprint density at radius 1 is 0.886 bits per heavy atom. The molecule has 0 bridgehead atoms. The number of anilines is 1. The van der Waals surface area contributed by atoms with E-state index in [0.717, 1.165) is 47.6 Å². The topological polar surface area (TPSA) is 114 Å². The monoisotopic (exact) mass is 591 g/mol. The number of aromatic hydroxyl groups is 1. The number of aromatic carboxylic acids is 1. The average Bonchev–Trinajstić information content (AvgIpc) is 3.45. The molecular weight excluding hydrogens is 554 g/mol. The van der Waals surface area contributed by atoms with Crippen molar-refractivity contribution >= 4 is 17.6 Å². The van der Waals surface area contributed by atoms with Gasteiger partial charge in [-0.15, -0.1) is 0 Å².